The number of benzene rings is 1. The van der Waals surface area contributed by atoms with E-state index in [-0.39, 0.29) is 17.0 Å². The predicted molar refractivity (Wildman–Crippen MR) is 86.2 cm³/mol. The van der Waals surface area contributed by atoms with Gasteiger partial charge in [0.2, 0.25) is 10.0 Å². The summed E-state index contributed by atoms with van der Waals surface area (Å²) in [5, 5.41) is 0. The van der Waals surface area contributed by atoms with Crippen LogP contribution in [0.2, 0.25) is 0 Å². The van der Waals surface area contributed by atoms with E-state index in [4.69, 9.17) is 0 Å². The van der Waals surface area contributed by atoms with Crippen molar-refractivity contribution in [2.45, 2.75) is 37.8 Å². The molecule has 0 saturated carbocycles. The first-order valence-corrected chi connectivity index (χ1v) is 9.48. The predicted octanol–water partition coefficient (Wildman–Crippen LogP) is 3.02. The van der Waals surface area contributed by atoms with Crippen molar-refractivity contribution in [3.05, 3.63) is 29.3 Å². The van der Waals surface area contributed by atoms with Crippen LogP contribution in [-0.4, -0.2) is 39.5 Å². The third-order valence-electron chi connectivity index (χ3n) is 4.29. The Morgan fingerprint density at radius 1 is 1.33 bits per heavy atom. The average Bonchev–Trinajstić information content (AvgIpc) is 2.46. The lowest BCUT2D eigenvalue weighted by molar-refractivity contribution is -0.138. The second-order valence-corrected chi connectivity index (χ2v) is 8.19. The van der Waals surface area contributed by atoms with Gasteiger partial charge in [0.25, 0.3) is 0 Å². The van der Waals surface area contributed by atoms with E-state index >= 15 is 0 Å². The number of hydrogen-bond acceptors (Lipinski definition) is 3. The molecule has 4 nitrogen and oxygen atoms in total. The van der Waals surface area contributed by atoms with Gasteiger partial charge in [-0.2, -0.15) is 13.2 Å². The van der Waals surface area contributed by atoms with Crippen LogP contribution in [0.25, 0.3) is 0 Å². The maximum Gasteiger partial charge on any atom is 0.416 e. The maximum absolute atomic E-state index is 12.9. The van der Waals surface area contributed by atoms with Crippen LogP contribution in [0.3, 0.4) is 0 Å². The molecule has 0 aliphatic carbocycles. The Morgan fingerprint density at radius 3 is 2.67 bits per heavy atom. The number of sulfonamides is 1. The molecule has 1 aliphatic rings. The fraction of sp³-hybridized carbons (Fsp3) is 0.625. The van der Waals surface area contributed by atoms with Gasteiger partial charge < -0.3 is 4.90 Å². The first-order chi connectivity index (χ1) is 11.1. The number of nitrogens with zero attached hydrogens (tertiary/aromatic N) is 1. The minimum atomic E-state index is -4.57. The lowest BCUT2D eigenvalue weighted by Gasteiger charge is -2.30. The first-order valence-electron chi connectivity index (χ1n) is 7.99. The van der Waals surface area contributed by atoms with Crippen LogP contribution in [-0.2, 0) is 16.2 Å². The third kappa shape index (κ3) is 4.94. The quantitative estimate of drug-likeness (QED) is 0.874. The molecule has 0 aromatic heterocycles. The van der Waals surface area contributed by atoms with Gasteiger partial charge in [0, 0.05) is 19.6 Å². The average molecular weight is 364 g/mol. The molecule has 1 N–H and O–H groups in total. The van der Waals surface area contributed by atoms with Gasteiger partial charge in [-0.3, -0.25) is 0 Å². The Kier molecular flexibility index (Phi) is 5.93. The van der Waals surface area contributed by atoms with Crippen LogP contribution in [0.5, 0.6) is 0 Å². The van der Waals surface area contributed by atoms with Gasteiger partial charge in [0.15, 0.2) is 0 Å². The van der Waals surface area contributed by atoms with Gasteiger partial charge >= 0.3 is 6.18 Å². The van der Waals surface area contributed by atoms with Gasteiger partial charge in [0.05, 0.1) is 10.5 Å². The van der Waals surface area contributed by atoms with Gasteiger partial charge in [-0.1, -0.05) is 13.0 Å². The zero-order valence-corrected chi connectivity index (χ0v) is 14.7. The Morgan fingerprint density at radius 2 is 2.04 bits per heavy atom. The van der Waals surface area contributed by atoms with Crippen molar-refractivity contribution in [3.8, 4) is 0 Å². The van der Waals surface area contributed by atoms with E-state index in [1.165, 1.54) is 25.5 Å². The second kappa shape index (κ2) is 7.41. The summed E-state index contributed by atoms with van der Waals surface area (Å²) in [6, 6.07) is 3.08. The third-order valence-corrected chi connectivity index (χ3v) is 5.74. The van der Waals surface area contributed by atoms with E-state index in [2.05, 4.69) is 16.5 Å². The van der Waals surface area contributed by atoms with Gasteiger partial charge in [-0.25, -0.2) is 13.1 Å². The van der Waals surface area contributed by atoms with Gasteiger partial charge in [-0.15, -0.1) is 0 Å². The molecule has 24 heavy (non-hydrogen) atoms. The number of rotatable bonds is 5. The van der Waals surface area contributed by atoms with Crippen LogP contribution in [0.15, 0.2) is 23.1 Å². The standard InChI is InChI=1S/C16H23F3N2O2S/c1-12-4-3-8-21(11-12)9-7-20-24(22,23)14-6-5-13(2)15(10-14)16(17,18)19/h5-6,10,12,20H,3-4,7-9,11H2,1-2H3. The fourth-order valence-corrected chi connectivity index (χ4v) is 4.03. The monoisotopic (exact) mass is 364 g/mol. The van der Waals surface area contributed by atoms with E-state index in [1.54, 1.807) is 0 Å². The van der Waals surface area contributed by atoms with E-state index in [0.29, 0.717) is 18.5 Å². The molecule has 8 heteroatoms. The normalized spacial score (nSPS) is 20.3. The smallest absolute Gasteiger partial charge is 0.302 e. The van der Waals surface area contributed by atoms with Crippen molar-refractivity contribution < 1.29 is 21.6 Å². The number of nitrogens with one attached hydrogen (secondary N) is 1. The Bertz CT molecular complexity index is 674. The molecule has 1 unspecified atom stereocenters. The summed E-state index contributed by atoms with van der Waals surface area (Å²) in [7, 11) is -3.95. The summed E-state index contributed by atoms with van der Waals surface area (Å²) in [6.07, 6.45) is -2.31. The molecule has 2 rings (SSSR count). The minimum absolute atomic E-state index is 0.00348. The number of aryl methyl sites for hydroxylation is 1. The summed E-state index contributed by atoms with van der Waals surface area (Å²) < 4.78 is 65.6. The topological polar surface area (TPSA) is 49.4 Å². The van der Waals surface area contributed by atoms with Gasteiger partial charge in [-0.05, 0) is 49.9 Å². The zero-order chi connectivity index (χ0) is 18.0. The number of piperidine rings is 1. The summed E-state index contributed by atoms with van der Waals surface area (Å²) in [6.45, 7) is 6.05. The lowest BCUT2D eigenvalue weighted by atomic mass is 10.0. The van der Waals surface area contributed by atoms with Crippen molar-refractivity contribution in [1.82, 2.24) is 9.62 Å². The molecular weight excluding hydrogens is 341 g/mol. The molecule has 1 atom stereocenters. The van der Waals surface area contributed by atoms with Crippen molar-refractivity contribution in [1.29, 1.82) is 0 Å². The van der Waals surface area contributed by atoms with Crippen LogP contribution in [0.4, 0.5) is 13.2 Å². The Labute approximate surface area is 141 Å². The molecule has 1 fully saturated rings. The minimum Gasteiger partial charge on any atom is -0.302 e. The highest BCUT2D eigenvalue weighted by molar-refractivity contribution is 7.89. The van der Waals surface area contributed by atoms with Gasteiger partial charge in [0.1, 0.15) is 0 Å². The second-order valence-electron chi connectivity index (χ2n) is 6.42. The number of alkyl halides is 3. The molecule has 0 radical (unpaired) electrons. The van der Waals surface area contributed by atoms with Crippen LogP contribution in [0.1, 0.15) is 30.9 Å². The molecule has 0 bridgehead atoms. The first kappa shape index (κ1) is 19.2. The number of halogens is 3. The summed E-state index contributed by atoms with van der Waals surface area (Å²) in [4.78, 5) is 1.82. The number of likely N-dealkylation sites (tertiary alicyclic amines) is 1. The van der Waals surface area contributed by atoms with E-state index in [0.717, 1.165) is 19.5 Å². The van der Waals surface area contributed by atoms with Crippen molar-refractivity contribution in [2.24, 2.45) is 5.92 Å². The van der Waals surface area contributed by atoms with E-state index < -0.39 is 21.8 Å². The lowest BCUT2D eigenvalue weighted by Crippen LogP contribution is -2.40. The zero-order valence-electron chi connectivity index (χ0n) is 13.9. The SMILES string of the molecule is Cc1ccc(S(=O)(=O)NCCN2CCCC(C)C2)cc1C(F)(F)F. The highest BCUT2D eigenvalue weighted by Gasteiger charge is 2.33. The van der Waals surface area contributed by atoms with Crippen LogP contribution in [0, 0.1) is 12.8 Å². The van der Waals surface area contributed by atoms with Crippen molar-refractivity contribution in [3.63, 3.8) is 0 Å². The maximum atomic E-state index is 12.9. The molecule has 1 saturated heterocycles. The molecule has 0 spiro atoms. The van der Waals surface area contributed by atoms with Crippen LogP contribution >= 0.6 is 0 Å². The Balaban J connectivity index is 2.02. The van der Waals surface area contributed by atoms with Crippen molar-refractivity contribution in [2.75, 3.05) is 26.2 Å². The Hall–Kier alpha value is -1.12. The molecule has 1 aromatic rings. The van der Waals surface area contributed by atoms with E-state index in [1.807, 2.05) is 0 Å². The molecule has 136 valence electrons. The van der Waals surface area contributed by atoms with Crippen LogP contribution < -0.4 is 4.72 Å². The highest BCUT2D eigenvalue weighted by Crippen LogP contribution is 2.33. The highest BCUT2D eigenvalue weighted by atomic mass is 32.2. The molecule has 0 amide bonds. The molecule has 1 aliphatic heterocycles. The van der Waals surface area contributed by atoms with Crippen molar-refractivity contribution >= 4 is 10.0 Å². The molecular formula is C16H23F3N2O2S. The summed E-state index contributed by atoms with van der Waals surface area (Å²) >= 11 is 0. The summed E-state index contributed by atoms with van der Waals surface area (Å²) in [5.74, 6) is 0.585. The van der Waals surface area contributed by atoms with E-state index in [9.17, 15) is 21.6 Å². The summed E-state index contributed by atoms with van der Waals surface area (Å²) in [5.41, 5.74) is -0.918. The molecule has 1 aromatic carbocycles. The number of hydrogen-bond donors (Lipinski definition) is 1. The fourth-order valence-electron chi connectivity index (χ4n) is 2.98. The molecule has 1 heterocycles. The largest absolute Gasteiger partial charge is 0.416 e.